The molecule has 0 saturated heterocycles. The molecule has 1 aromatic carbocycles. The van der Waals surface area contributed by atoms with Crippen molar-refractivity contribution < 1.29 is 19.0 Å². The van der Waals surface area contributed by atoms with Gasteiger partial charge in [0.15, 0.2) is 11.5 Å². The number of nitriles is 1. The SMILES string of the molecule is COC(=O)/C(C#N)=C/c1cccc2c1OCO2. The molecule has 0 bridgehead atoms. The fourth-order valence-corrected chi connectivity index (χ4v) is 1.47. The number of carbonyl (C=O) groups is 1. The molecule has 1 aromatic rings. The normalized spacial score (nSPS) is 13.1. The number of nitrogens with zero attached hydrogens (tertiary/aromatic N) is 1. The van der Waals surface area contributed by atoms with Gasteiger partial charge in [-0.2, -0.15) is 5.26 Å². The Labute approximate surface area is 97.8 Å². The Bertz CT molecular complexity index is 528. The molecule has 0 aromatic heterocycles. The third kappa shape index (κ3) is 2.06. The van der Waals surface area contributed by atoms with Crippen molar-refractivity contribution in [2.45, 2.75) is 0 Å². The van der Waals surface area contributed by atoms with E-state index in [1.807, 2.05) is 0 Å². The van der Waals surface area contributed by atoms with E-state index >= 15 is 0 Å². The average Bonchev–Trinajstić information content (AvgIpc) is 2.83. The first-order chi connectivity index (χ1) is 8.26. The van der Waals surface area contributed by atoms with Crippen LogP contribution in [0.1, 0.15) is 5.56 Å². The lowest BCUT2D eigenvalue weighted by Gasteiger charge is -2.01. The summed E-state index contributed by atoms with van der Waals surface area (Å²) in [6.45, 7) is 0.139. The number of rotatable bonds is 2. The summed E-state index contributed by atoms with van der Waals surface area (Å²) in [5.41, 5.74) is 0.526. The number of benzene rings is 1. The molecular formula is C12H9NO4. The van der Waals surface area contributed by atoms with Crippen molar-refractivity contribution in [1.82, 2.24) is 0 Å². The highest BCUT2D eigenvalue weighted by atomic mass is 16.7. The van der Waals surface area contributed by atoms with Crippen LogP contribution in [-0.2, 0) is 9.53 Å². The van der Waals surface area contributed by atoms with Crippen LogP contribution in [-0.4, -0.2) is 19.9 Å². The lowest BCUT2D eigenvalue weighted by atomic mass is 10.1. The van der Waals surface area contributed by atoms with Crippen molar-refractivity contribution in [2.75, 3.05) is 13.9 Å². The van der Waals surface area contributed by atoms with Crippen molar-refractivity contribution in [3.63, 3.8) is 0 Å². The number of esters is 1. The van der Waals surface area contributed by atoms with Crippen LogP contribution < -0.4 is 9.47 Å². The first kappa shape index (κ1) is 11.0. The Morgan fingerprint density at radius 2 is 2.35 bits per heavy atom. The first-order valence-electron chi connectivity index (χ1n) is 4.85. The summed E-state index contributed by atoms with van der Waals surface area (Å²) in [5, 5.41) is 8.85. The largest absolute Gasteiger partial charge is 0.465 e. The van der Waals surface area contributed by atoms with E-state index in [-0.39, 0.29) is 12.4 Å². The average molecular weight is 231 g/mol. The highest BCUT2D eigenvalue weighted by Gasteiger charge is 2.17. The molecule has 2 rings (SSSR count). The molecule has 17 heavy (non-hydrogen) atoms. The van der Waals surface area contributed by atoms with E-state index in [9.17, 15) is 4.79 Å². The summed E-state index contributed by atoms with van der Waals surface area (Å²) < 4.78 is 14.9. The summed E-state index contributed by atoms with van der Waals surface area (Å²) in [6.07, 6.45) is 1.42. The van der Waals surface area contributed by atoms with Gasteiger partial charge < -0.3 is 14.2 Å². The van der Waals surface area contributed by atoms with E-state index in [1.54, 1.807) is 24.3 Å². The van der Waals surface area contributed by atoms with Crippen LogP contribution in [0.25, 0.3) is 6.08 Å². The third-order valence-electron chi connectivity index (χ3n) is 2.25. The number of para-hydroxylation sites is 1. The van der Waals surface area contributed by atoms with Crippen LogP contribution in [0.2, 0.25) is 0 Å². The number of hydrogen-bond donors (Lipinski definition) is 0. The Kier molecular flexibility index (Phi) is 2.97. The van der Waals surface area contributed by atoms with Crippen molar-refractivity contribution in [3.05, 3.63) is 29.3 Å². The zero-order chi connectivity index (χ0) is 12.3. The summed E-state index contributed by atoms with van der Waals surface area (Å²) in [7, 11) is 1.22. The second kappa shape index (κ2) is 4.58. The Morgan fingerprint density at radius 3 is 3.06 bits per heavy atom. The van der Waals surface area contributed by atoms with Crippen molar-refractivity contribution in [3.8, 4) is 17.6 Å². The summed E-state index contributed by atoms with van der Waals surface area (Å²) in [5.74, 6) is 0.453. The maximum Gasteiger partial charge on any atom is 0.348 e. The van der Waals surface area contributed by atoms with Gasteiger partial charge in [-0.25, -0.2) is 4.79 Å². The molecule has 0 atom stereocenters. The van der Waals surface area contributed by atoms with E-state index < -0.39 is 5.97 Å². The van der Waals surface area contributed by atoms with E-state index in [0.717, 1.165) is 0 Å². The maximum absolute atomic E-state index is 11.3. The molecule has 0 aliphatic carbocycles. The highest BCUT2D eigenvalue weighted by Crippen LogP contribution is 2.36. The van der Waals surface area contributed by atoms with Crippen LogP contribution >= 0.6 is 0 Å². The fraction of sp³-hybridized carbons (Fsp3) is 0.167. The molecular weight excluding hydrogens is 222 g/mol. The summed E-state index contributed by atoms with van der Waals surface area (Å²) in [6, 6.07) is 7.02. The predicted octanol–water partition coefficient (Wildman–Crippen LogP) is 1.50. The molecule has 86 valence electrons. The number of hydrogen-bond acceptors (Lipinski definition) is 5. The van der Waals surface area contributed by atoms with Gasteiger partial charge in [0.1, 0.15) is 11.6 Å². The Hall–Kier alpha value is -2.48. The van der Waals surface area contributed by atoms with Gasteiger partial charge in [0.25, 0.3) is 0 Å². The third-order valence-corrected chi connectivity index (χ3v) is 2.25. The molecule has 1 heterocycles. The van der Waals surface area contributed by atoms with Gasteiger partial charge in [0.05, 0.1) is 7.11 Å². The van der Waals surface area contributed by atoms with Crippen LogP contribution in [0.15, 0.2) is 23.8 Å². The van der Waals surface area contributed by atoms with Crippen LogP contribution in [0.5, 0.6) is 11.5 Å². The van der Waals surface area contributed by atoms with Crippen molar-refractivity contribution in [2.24, 2.45) is 0 Å². The van der Waals surface area contributed by atoms with E-state index in [0.29, 0.717) is 17.1 Å². The fourth-order valence-electron chi connectivity index (χ4n) is 1.47. The van der Waals surface area contributed by atoms with Crippen LogP contribution in [0, 0.1) is 11.3 Å². The molecule has 1 aliphatic rings. The molecule has 0 radical (unpaired) electrons. The number of fused-ring (bicyclic) bond motifs is 1. The molecule has 0 saturated carbocycles. The van der Waals surface area contributed by atoms with E-state index in [4.69, 9.17) is 14.7 Å². The highest BCUT2D eigenvalue weighted by molar-refractivity contribution is 5.98. The van der Waals surface area contributed by atoms with Crippen molar-refractivity contribution in [1.29, 1.82) is 5.26 Å². The van der Waals surface area contributed by atoms with Crippen molar-refractivity contribution >= 4 is 12.0 Å². The first-order valence-corrected chi connectivity index (χ1v) is 4.85. The Balaban J connectivity index is 2.42. The summed E-state index contributed by atoms with van der Waals surface area (Å²) >= 11 is 0. The molecule has 5 nitrogen and oxygen atoms in total. The molecule has 5 heteroatoms. The number of carbonyl (C=O) groups excluding carboxylic acids is 1. The van der Waals surface area contributed by atoms with Gasteiger partial charge in [0, 0.05) is 5.56 Å². The van der Waals surface area contributed by atoms with E-state index in [1.165, 1.54) is 13.2 Å². The molecule has 0 fully saturated rings. The second-order valence-electron chi connectivity index (χ2n) is 3.24. The minimum atomic E-state index is -0.677. The zero-order valence-electron chi connectivity index (χ0n) is 9.10. The van der Waals surface area contributed by atoms with E-state index in [2.05, 4.69) is 4.74 Å². The monoisotopic (exact) mass is 231 g/mol. The molecule has 0 N–H and O–H groups in total. The molecule has 0 unspecified atom stereocenters. The maximum atomic E-state index is 11.3. The predicted molar refractivity (Wildman–Crippen MR) is 58.2 cm³/mol. The zero-order valence-corrected chi connectivity index (χ0v) is 9.10. The lowest BCUT2D eigenvalue weighted by molar-refractivity contribution is -0.135. The topological polar surface area (TPSA) is 68.6 Å². The van der Waals surface area contributed by atoms with Gasteiger partial charge in [0.2, 0.25) is 6.79 Å². The smallest absolute Gasteiger partial charge is 0.348 e. The molecule has 0 spiro atoms. The quantitative estimate of drug-likeness (QED) is 0.438. The van der Waals surface area contributed by atoms with Gasteiger partial charge in [-0.1, -0.05) is 12.1 Å². The minimum absolute atomic E-state index is 0.0867. The number of ether oxygens (including phenoxy) is 3. The molecule has 0 amide bonds. The molecule has 1 aliphatic heterocycles. The Morgan fingerprint density at radius 1 is 1.53 bits per heavy atom. The van der Waals surface area contributed by atoms with Gasteiger partial charge in [-0.15, -0.1) is 0 Å². The van der Waals surface area contributed by atoms with Gasteiger partial charge >= 0.3 is 5.97 Å². The number of methoxy groups -OCH3 is 1. The lowest BCUT2D eigenvalue weighted by Crippen LogP contribution is -2.02. The van der Waals surface area contributed by atoms with Crippen LogP contribution in [0.3, 0.4) is 0 Å². The van der Waals surface area contributed by atoms with Gasteiger partial charge in [-0.3, -0.25) is 0 Å². The van der Waals surface area contributed by atoms with Crippen LogP contribution in [0.4, 0.5) is 0 Å². The standard InChI is InChI=1S/C12H9NO4/c1-15-12(14)9(6-13)5-8-3-2-4-10-11(8)17-7-16-10/h2-5H,7H2,1H3/b9-5+. The van der Waals surface area contributed by atoms with Gasteiger partial charge in [-0.05, 0) is 12.1 Å². The summed E-state index contributed by atoms with van der Waals surface area (Å²) in [4.78, 5) is 11.3. The minimum Gasteiger partial charge on any atom is -0.465 e. The second-order valence-corrected chi connectivity index (χ2v) is 3.24.